The first-order chi connectivity index (χ1) is 10.2. The fourth-order valence-electron chi connectivity index (χ4n) is 2.33. The smallest absolute Gasteiger partial charge is 0.132 e. The molecule has 0 atom stereocenters. The van der Waals surface area contributed by atoms with E-state index in [1.165, 1.54) is 6.07 Å². The predicted molar refractivity (Wildman–Crippen MR) is 83.9 cm³/mol. The molecule has 104 valence electrons. The van der Waals surface area contributed by atoms with Crippen LogP contribution in [0, 0.1) is 5.82 Å². The van der Waals surface area contributed by atoms with Gasteiger partial charge in [0.1, 0.15) is 11.6 Å². The molecule has 0 aliphatic carbocycles. The molecule has 0 amide bonds. The summed E-state index contributed by atoms with van der Waals surface area (Å²) >= 11 is 6.40. The van der Waals surface area contributed by atoms with Crippen molar-refractivity contribution in [3.63, 3.8) is 0 Å². The lowest BCUT2D eigenvalue weighted by Crippen LogP contribution is -1.90. The summed E-state index contributed by atoms with van der Waals surface area (Å²) < 4.78 is 14.2. The number of halogens is 2. The number of hydrogen-bond donors (Lipinski definition) is 1. The van der Waals surface area contributed by atoms with Gasteiger partial charge in [0.25, 0.3) is 0 Å². The summed E-state index contributed by atoms with van der Waals surface area (Å²) in [5.41, 5.74) is 2.24. The molecule has 1 N–H and O–H groups in total. The first-order valence-electron chi connectivity index (χ1n) is 6.50. The third-order valence-electron chi connectivity index (χ3n) is 3.35. The van der Waals surface area contributed by atoms with Gasteiger partial charge in [0.05, 0.1) is 5.02 Å². The largest absolute Gasteiger partial charge is 0.507 e. The molecule has 3 rings (SSSR count). The summed E-state index contributed by atoms with van der Waals surface area (Å²) in [4.78, 5) is 0. The fraction of sp³-hybridized carbons (Fsp3) is 0. The molecule has 0 fully saturated rings. The molecule has 0 spiro atoms. The zero-order valence-electron chi connectivity index (χ0n) is 11.1. The maximum atomic E-state index is 14.2. The summed E-state index contributed by atoms with van der Waals surface area (Å²) in [6.07, 6.45) is 0. The lowest BCUT2D eigenvalue weighted by Gasteiger charge is -2.12. The van der Waals surface area contributed by atoms with Crippen molar-refractivity contribution in [2.24, 2.45) is 0 Å². The molecule has 0 saturated carbocycles. The highest BCUT2D eigenvalue weighted by Crippen LogP contribution is 2.40. The molecule has 1 nitrogen and oxygen atoms in total. The van der Waals surface area contributed by atoms with Crippen LogP contribution in [0.25, 0.3) is 22.3 Å². The van der Waals surface area contributed by atoms with E-state index in [-0.39, 0.29) is 11.6 Å². The van der Waals surface area contributed by atoms with Crippen LogP contribution in [0.1, 0.15) is 0 Å². The van der Waals surface area contributed by atoms with Crippen molar-refractivity contribution in [3.8, 4) is 28.0 Å². The predicted octanol–water partition coefficient (Wildman–Crippen LogP) is 5.52. The second-order valence-corrected chi connectivity index (χ2v) is 5.05. The van der Waals surface area contributed by atoms with Crippen molar-refractivity contribution in [1.29, 1.82) is 0 Å². The van der Waals surface area contributed by atoms with Crippen LogP contribution in [-0.4, -0.2) is 5.11 Å². The Morgan fingerprint density at radius 3 is 2.14 bits per heavy atom. The minimum atomic E-state index is -0.384. The number of rotatable bonds is 2. The van der Waals surface area contributed by atoms with E-state index in [1.807, 2.05) is 18.2 Å². The highest BCUT2D eigenvalue weighted by atomic mass is 35.5. The van der Waals surface area contributed by atoms with Crippen LogP contribution in [0.15, 0.2) is 66.7 Å². The molecule has 0 saturated heterocycles. The Labute approximate surface area is 127 Å². The quantitative estimate of drug-likeness (QED) is 0.660. The summed E-state index contributed by atoms with van der Waals surface area (Å²) in [6, 6.07) is 19.0. The van der Waals surface area contributed by atoms with Gasteiger partial charge in [-0.25, -0.2) is 4.39 Å². The fourth-order valence-corrected chi connectivity index (χ4v) is 2.70. The normalized spacial score (nSPS) is 10.6. The van der Waals surface area contributed by atoms with Crippen molar-refractivity contribution >= 4 is 11.6 Å². The van der Waals surface area contributed by atoms with Gasteiger partial charge in [0, 0.05) is 16.7 Å². The van der Waals surface area contributed by atoms with Gasteiger partial charge in [-0.05, 0) is 23.8 Å². The topological polar surface area (TPSA) is 20.2 Å². The molecule has 0 unspecified atom stereocenters. The van der Waals surface area contributed by atoms with Crippen molar-refractivity contribution in [1.82, 2.24) is 0 Å². The molecular formula is C18H12ClFO. The van der Waals surface area contributed by atoms with Gasteiger partial charge in [-0.2, -0.15) is 0 Å². The van der Waals surface area contributed by atoms with Crippen LogP contribution >= 0.6 is 11.6 Å². The van der Waals surface area contributed by atoms with Crippen LogP contribution in [0.5, 0.6) is 5.75 Å². The van der Waals surface area contributed by atoms with E-state index in [0.717, 1.165) is 0 Å². The van der Waals surface area contributed by atoms with Crippen molar-refractivity contribution in [2.45, 2.75) is 0 Å². The lowest BCUT2D eigenvalue weighted by molar-refractivity contribution is 0.477. The molecule has 0 bridgehead atoms. The van der Waals surface area contributed by atoms with Crippen LogP contribution in [-0.2, 0) is 0 Å². The average Bonchev–Trinajstić information content (AvgIpc) is 2.50. The highest BCUT2D eigenvalue weighted by Gasteiger charge is 2.16. The molecule has 3 aromatic carbocycles. The van der Waals surface area contributed by atoms with Crippen molar-refractivity contribution in [3.05, 3.63) is 77.6 Å². The average molecular weight is 299 g/mol. The SMILES string of the molecule is Oc1ccccc1-c1ccc(F)c(-c2ccccc2)c1Cl. The van der Waals surface area contributed by atoms with Gasteiger partial charge in [0.15, 0.2) is 0 Å². The van der Waals surface area contributed by atoms with E-state index in [4.69, 9.17) is 11.6 Å². The Balaban J connectivity index is 2.25. The zero-order chi connectivity index (χ0) is 14.8. The van der Waals surface area contributed by atoms with Crippen LogP contribution in [0.2, 0.25) is 5.02 Å². The number of benzene rings is 3. The van der Waals surface area contributed by atoms with Gasteiger partial charge in [-0.15, -0.1) is 0 Å². The third-order valence-corrected chi connectivity index (χ3v) is 3.74. The maximum absolute atomic E-state index is 14.2. The molecule has 3 aromatic rings. The standard InChI is InChI=1S/C18H12ClFO/c19-18-14(13-8-4-5-9-16(13)21)10-11-15(20)17(18)12-6-2-1-3-7-12/h1-11,21H. The summed E-state index contributed by atoms with van der Waals surface area (Å²) in [5.74, 6) is -0.268. The Bertz CT molecular complexity index is 784. The van der Waals surface area contributed by atoms with Crippen molar-refractivity contribution in [2.75, 3.05) is 0 Å². The lowest BCUT2D eigenvalue weighted by atomic mass is 9.98. The molecule has 0 aromatic heterocycles. The van der Waals surface area contributed by atoms with Gasteiger partial charge in [-0.1, -0.05) is 60.1 Å². The maximum Gasteiger partial charge on any atom is 0.132 e. The Morgan fingerprint density at radius 2 is 1.43 bits per heavy atom. The molecule has 0 aliphatic heterocycles. The second-order valence-electron chi connectivity index (χ2n) is 4.67. The van der Waals surface area contributed by atoms with Gasteiger partial charge in [-0.3, -0.25) is 0 Å². The first-order valence-corrected chi connectivity index (χ1v) is 6.88. The highest BCUT2D eigenvalue weighted by molar-refractivity contribution is 6.36. The Morgan fingerprint density at radius 1 is 0.762 bits per heavy atom. The van der Waals surface area contributed by atoms with Crippen LogP contribution < -0.4 is 0 Å². The van der Waals surface area contributed by atoms with E-state index >= 15 is 0 Å². The van der Waals surface area contributed by atoms with Crippen LogP contribution in [0.3, 0.4) is 0 Å². The Kier molecular flexibility index (Phi) is 3.63. The number of aromatic hydroxyl groups is 1. The molecule has 0 aliphatic rings. The van der Waals surface area contributed by atoms with Crippen molar-refractivity contribution < 1.29 is 9.50 Å². The monoisotopic (exact) mass is 298 g/mol. The molecule has 21 heavy (non-hydrogen) atoms. The number of phenolic OH excluding ortho intramolecular Hbond substituents is 1. The first kappa shape index (κ1) is 13.7. The summed E-state index contributed by atoms with van der Waals surface area (Å²) in [7, 11) is 0. The number of hydrogen-bond acceptors (Lipinski definition) is 1. The van der Waals surface area contributed by atoms with Gasteiger partial charge >= 0.3 is 0 Å². The van der Waals surface area contributed by atoms with E-state index < -0.39 is 0 Å². The zero-order valence-corrected chi connectivity index (χ0v) is 11.8. The van der Waals surface area contributed by atoms with Gasteiger partial charge < -0.3 is 5.11 Å². The minimum Gasteiger partial charge on any atom is -0.507 e. The molecule has 0 radical (unpaired) electrons. The molecule has 3 heteroatoms. The number of para-hydroxylation sites is 1. The van der Waals surface area contributed by atoms with Gasteiger partial charge in [0.2, 0.25) is 0 Å². The number of phenols is 1. The Hall–Kier alpha value is -2.32. The van der Waals surface area contributed by atoms with E-state index in [0.29, 0.717) is 27.3 Å². The van der Waals surface area contributed by atoms with E-state index in [2.05, 4.69) is 0 Å². The van der Waals surface area contributed by atoms with Crippen LogP contribution in [0.4, 0.5) is 4.39 Å². The second kappa shape index (κ2) is 5.58. The third kappa shape index (κ3) is 2.50. The summed E-state index contributed by atoms with van der Waals surface area (Å²) in [5, 5.41) is 10.3. The van der Waals surface area contributed by atoms with E-state index in [1.54, 1.807) is 42.5 Å². The molecule has 0 heterocycles. The van der Waals surface area contributed by atoms with E-state index in [9.17, 15) is 9.50 Å². The molecular weight excluding hydrogens is 287 g/mol. The summed E-state index contributed by atoms with van der Waals surface area (Å²) in [6.45, 7) is 0. The minimum absolute atomic E-state index is 0.116.